The molecule has 0 atom stereocenters. The Bertz CT molecular complexity index is 433. The van der Waals surface area contributed by atoms with Crippen LogP contribution in [0.4, 0.5) is 0 Å². The summed E-state index contributed by atoms with van der Waals surface area (Å²) in [6, 6.07) is 7.34. The van der Waals surface area contributed by atoms with E-state index in [9.17, 15) is 9.59 Å². The fourth-order valence-corrected chi connectivity index (χ4v) is 2.04. The number of ketones is 1. The van der Waals surface area contributed by atoms with Crippen molar-refractivity contribution in [3.05, 3.63) is 35.4 Å². The van der Waals surface area contributed by atoms with Crippen molar-refractivity contribution in [3.63, 3.8) is 0 Å². The molecule has 90 valence electrons. The molecule has 1 aliphatic rings. The first-order valence-electron chi connectivity index (χ1n) is 5.78. The van der Waals surface area contributed by atoms with Gasteiger partial charge in [-0.2, -0.15) is 0 Å². The van der Waals surface area contributed by atoms with Crippen LogP contribution < -0.4 is 5.73 Å². The summed E-state index contributed by atoms with van der Waals surface area (Å²) in [5, 5.41) is 0. The zero-order valence-corrected chi connectivity index (χ0v) is 9.69. The lowest BCUT2D eigenvalue weighted by Crippen LogP contribution is -2.33. The molecule has 4 heteroatoms. The largest absolute Gasteiger partial charge is 0.366 e. The van der Waals surface area contributed by atoms with Crippen molar-refractivity contribution in [1.82, 2.24) is 4.90 Å². The minimum Gasteiger partial charge on any atom is -0.366 e. The van der Waals surface area contributed by atoms with Crippen LogP contribution in [0.3, 0.4) is 0 Å². The number of hydrogen-bond acceptors (Lipinski definition) is 3. The summed E-state index contributed by atoms with van der Waals surface area (Å²) in [5.41, 5.74) is 6.84. The average Bonchev–Trinajstić information content (AvgIpc) is 2.32. The summed E-state index contributed by atoms with van der Waals surface area (Å²) in [6.45, 7) is 2.38. The van der Waals surface area contributed by atoms with Crippen molar-refractivity contribution < 1.29 is 9.59 Å². The monoisotopic (exact) mass is 232 g/mol. The molecule has 0 unspecified atom stereocenters. The van der Waals surface area contributed by atoms with E-state index in [2.05, 4.69) is 4.90 Å². The van der Waals surface area contributed by atoms with Crippen LogP contribution in [-0.4, -0.2) is 29.7 Å². The van der Waals surface area contributed by atoms with Crippen molar-refractivity contribution in [2.45, 2.75) is 19.4 Å². The molecule has 0 aromatic heterocycles. The van der Waals surface area contributed by atoms with Crippen molar-refractivity contribution in [1.29, 1.82) is 0 Å². The molecule has 0 bridgehead atoms. The molecule has 0 spiro atoms. The van der Waals surface area contributed by atoms with Gasteiger partial charge in [-0.05, 0) is 17.7 Å². The van der Waals surface area contributed by atoms with Gasteiger partial charge in [0.05, 0.1) is 0 Å². The molecule has 1 saturated heterocycles. The highest BCUT2D eigenvalue weighted by atomic mass is 16.1. The third-order valence-corrected chi connectivity index (χ3v) is 3.03. The molecule has 1 amide bonds. The maximum atomic E-state index is 11.1. The number of rotatable bonds is 3. The molecule has 2 N–H and O–H groups in total. The molecule has 1 heterocycles. The highest BCUT2D eigenvalue weighted by Crippen LogP contribution is 2.12. The van der Waals surface area contributed by atoms with Gasteiger partial charge in [0.1, 0.15) is 5.78 Å². The van der Waals surface area contributed by atoms with Crippen molar-refractivity contribution in [2.75, 3.05) is 13.1 Å². The van der Waals surface area contributed by atoms with Gasteiger partial charge < -0.3 is 5.73 Å². The Hall–Kier alpha value is -1.68. The van der Waals surface area contributed by atoms with Crippen LogP contribution in [0.15, 0.2) is 24.3 Å². The van der Waals surface area contributed by atoms with Crippen LogP contribution in [-0.2, 0) is 11.3 Å². The van der Waals surface area contributed by atoms with Crippen molar-refractivity contribution in [3.8, 4) is 0 Å². The molecule has 1 aromatic rings. The fourth-order valence-electron chi connectivity index (χ4n) is 2.04. The number of carbonyl (C=O) groups excluding carboxylic acids is 2. The SMILES string of the molecule is NC(=O)c1cccc(CN2CCC(=O)CC2)c1. The van der Waals surface area contributed by atoms with Gasteiger partial charge in [-0.25, -0.2) is 0 Å². The molecule has 1 aromatic carbocycles. The Balaban J connectivity index is 2.01. The number of Topliss-reactive ketones (excluding diaryl/α,β-unsaturated/α-hetero) is 1. The van der Waals surface area contributed by atoms with E-state index in [4.69, 9.17) is 5.73 Å². The first-order chi connectivity index (χ1) is 8.15. The van der Waals surface area contributed by atoms with E-state index in [-0.39, 0.29) is 0 Å². The lowest BCUT2D eigenvalue weighted by atomic mass is 10.1. The van der Waals surface area contributed by atoms with E-state index in [0.29, 0.717) is 24.2 Å². The molecule has 0 aliphatic carbocycles. The number of nitrogens with two attached hydrogens (primary N) is 1. The second-order valence-corrected chi connectivity index (χ2v) is 4.38. The van der Waals surface area contributed by atoms with Gasteiger partial charge in [0.15, 0.2) is 0 Å². The second-order valence-electron chi connectivity index (χ2n) is 4.38. The van der Waals surface area contributed by atoms with E-state index in [0.717, 1.165) is 25.2 Å². The lowest BCUT2D eigenvalue weighted by Gasteiger charge is -2.25. The van der Waals surface area contributed by atoms with Crippen LogP contribution in [0.1, 0.15) is 28.8 Å². The van der Waals surface area contributed by atoms with E-state index in [1.54, 1.807) is 6.07 Å². The number of nitrogens with zero attached hydrogens (tertiary/aromatic N) is 1. The summed E-state index contributed by atoms with van der Waals surface area (Å²) < 4.78 is 0. The number of carbonyl (C=O) groups is 2. The van der Waals surface area contributed by atoms with Crippen molar-refractivity contribution >= 4 is 11.7 Å². The van der Waals surface area contributed by atoms with E-state index >= 15 is 0 Å². The van der Waals surface area contributed by atoms with Crippen LogP contribution >= 0.6 is 0 Å². The Morgan fingerprint density at radius 2 is 2.00 bits per heavy atom. The quantitative estimate of drug-likeness (QED) is 0.844. The smallest absolute Gasteiger partial charge is 0.248 e. The molecule has 1 fully saturated rings. The molecular weight excluding hydrogens is 216 g/mol. The topological polar surface area (TPSA) is 63.4 Å². The maximum Gasteiger partial charge on any atom is 0.248 e. The van der Waals surface area contributed by atoms with Crippen LogP contribution in [0, 0.1) is 0 Å². The zero-order valence-electron chi connectivity index (χ0n) is 9.69. The molecule has 17 heavy (non-hydrogen) atoms. The summed E-state index contributed by atoms with van der Waals surface area (Å²) >= 11 is 0. The Labute approximate surface area is 100 Å². The van der Waals surface area contributed by atoms with Crippen molar-refractivity contribution in [2.24, 2.45) is 5.73 Å². The van der Waals surface area contributed by atoms with Gasteiger partial charge in [-0.15, -0.1) is 0 Å². The minimum atomic E-state index is -0.402. The van der Waals surface area contributed by atoms with E-state index in [1.165, 1.54) is 0 Å². The number of piperidine rings is 1. The van der Waals surface area contributed by atoms with Gasteiger partial charge >= 0.3 is 0 Å². The molecule has 4 nitrogen and oxygen atoms in total. The number of primary amides is 1. The second kappa shape index (κ2) is 5.10. The molecule has 1 aliphatic heterocycles. The summed E-state index contributed by atoms with van der Waals surface area (Å²) in [4.78, 5) is 24.4. The van der Waals surface area contributed by atoms with Crippen LogP contribution in [0.25, 0.3) is 0 Å². The van der Waals surface area contributed by atoms with Gasteiger partial charge in [0.2, 0.25) is 5.91 Å². The predicted molar refractivity (Wildman–Crippen MR) is 64.5 cm³/mol. The number of hydrogen-bond donors (Lipinski definition) is 1. The highest BCUT2D eigenvalue weighted by Gasteiger charge is 2.16. The Morgan fingerprint density at radius 1 is 1.29 bits per heavy atom. The third-order valence-electron chi connectivity index (χ3n) is 3.03. The predicted octanol–water partition coefficient (Wildman–Crippen LogP) is 0.950. The molecule has 0 radical (unpaired) electrons. The minimum absolute atomic E-state index is 0.340. The summed E-state index contributed by atoms with van der Waals surface area (Å²) in [5.74, 6) is -0.0622. The summed E-state index contributed by atoms with van der Waals surface area (Å²) in [6.07, 6.45) is 1.27. The van der Waals surface area contributed by atoms with E-state index in [1.807, 2.05) is 18.2 Å². The first-order valence-corrected chi connectivity index (χ1v) is 5.78. The van der Waals surface area contributed by atoms with Crippen LogP contribution in [0.2, 0.25) is 0 Å². The number of likely N-dealkylation sites (tertiary alicyclic amines) is 1. The van der Waals surface area contributed by atoms with Gasteiger partial charge in [-0.3, -0.25) is 14.5 Å². The first kappa shape index (κ1) is 11.8. The zero-order chi connectivity index (χ0) is 12.3. The average molecular weight is 232 g/mol. The van der Waals surface area contributed by atoms with E-state index < -0.39 is 5.91 Å². The normalized spacial score (nSPS) is 17.1. The van der Waals surface area contributed by atoms with Gasteiger partial charge in [-0.1, -0.05) is 12.1 Å². The molecular formula is C13H16N2O2. The highest BCUT2D eigenvalue weighted by molar-refractivity contribution is 5.92. The Kier molecular flexibility index (Phi) is 3.54. The fraction of sp³-hybridized carbons (Fsp3) is 0.385. The molecule has 0 saturated carbocycles. The van der Waals surface area contributed by atoms with Gasteiger partial charge in [0.25, 0.3) is 0 Å². The standard InChI is InChI=1S/C13H16N2O2/c14-13(17)11-3-1-2-10(8-11)9-15-6-4-12(16)5-7-15/h1-3,8H,4-7,9H2,(H2,14,17). The van der Waals surface area contributed by atoms with Crippen LogP contribution in [0.5, 0.6) is 0 Å². The number of amides is 1. The molecule has 2 rings (SSSR count). The maximum absolute atomic E-state index is 11.1. The summed E-state index contributed by atoms with van der Waals surface area (Å²) in [7, 11) is 0. The van der Waals surface area contributed by atoms with Gasteiger partial charge in [0, 0.05) is 38.0 Å². The third kappa shape index (κ3) is 3.14. The number of benzene rings is 1. The Morgan fingerprint density at radius 3 is 2.65 bits per heavy atom. The lowest BCUT2D eigenvalue weighted by molar-refractivity contribution is -0.121.